The van der Waals surface area contributed by atoms with Gasteiger partial charge in [0.1, 0.15) is 5.58 Å². The van der Waals surface area contributed by atoms with E-state index < -0.39 is 5.91 Å². The van der Waals surface area contributed by atoms with Gasteiger partial charge in [-0.1, -0.05) is 25.4 Å². The fourth-order valence-electron chi connectivity index (χ4n) is 4.78. The molecule has 1 N–H and O–H groups in total. The van der Waals surface area contributed by atoms with Gasteiger partial charge < -0.3 is 9.32 Å². The van der Waals surface area contributed by atoms with Gasteiger partial charge in [0.2, 0.25) is 0 Å². The Labute approximate surface area is 194 Å². The van der Waals surface area contributed by atoms with Crippen LogP contribution in [-0.4, -0.2) is 24.2 Å². The first kappa shape index (κ1) is 22.4. The van der Waals surface area contributed by atoms with E-state index in [9.17, 15) is 4.79 Å². The van der Waals surface area contributed by atoms with Crippen molar-refractivity contribution in [2.75, 3.05) is 11.4 Å². The lowest BCUT2D eigenvalue weighted by Gasteiger charge is -2.48. The molecule has 4 rings (SSSR count). The summed E-state index contributed by atoms with van der Waals surface area (Å²) in [4.78, 5) is 15.0. The monoisotopic (exact) mass is 451 g/mol. The van der Waals surface area contributed by atoms with Gasteiger partial charge in [-0.2, -0.15) is 5.10 Å². The maximum atomic E-state index is 12.5. The van der Waals surface area contributed by atoms with Crippen LogP contribution in [0.1, 0.15) is 73.7 Å². The average molecular weight is 452 g/mol. The van der Waals surface area contributed by atoms with E-state index in [1.54, 1.807) is 30.5 Å². The Morgan fingerprint density at radius 1 is 1.31 bits per heavy atom. The Hall–Kier alpha value is -2.79. The molecule has 2 aromatic carbocycles. The number of nitrogens with zero attached hydrogens (tertiary/aromatic N) is 2. The third kappa shape index (κ3) is 4.26. The third-order valence-electron chi connectivity index (χ3n) is 6.29. The van der Waals surface area contributed by atoms with Crippen molar-refractivity contribution in [1.29, 1.82) is 0 Å². The zero-order chi connectivity index (χ0) is 23.0. The van der Waals surface area contributed by atoms with Crippen LogP contribution < -0.4 is 10.3 Å². The van der Waals surface area contributed by atoms with Gasteiger partial charge in [0.25, 0.3) is 0 Å². The number of rotatable bonds is 5. The van der Waals surface area contributed by atoms with Crippen LogP contribution in [0.3, 0.4) is 0 Å². The Morgan fingerprint density at radius 2 is 2.09 bits per heavy atom. The molecule has 1 atom stereocenters. The molecule has 6 heteroatoms. The van der Waals surface area contributed by atoms with Gasteiger partial charge in [-0.3, -0.25) is 4.79 Å². The van der Waals surface area contributed by atoms with E-state index in [1.807, 2.05) is 0 Å². The molecule has 1 aromatic heterocycles. The molecular weight excluding hydrogens is 422 g/mol. The standard InChI is InChI=1S/C26H30ClN3O2/c1-6-9-30-22-10-16(2)19(12-21(22)17(3)14-26(30,4)5)15-28-29-25(31)24-13-18-11-20(27)7-8-23(18)32-24/h7-8,10-13,15,17H,6,9,14H2,1-5H3,(H,29,31)/b28-15-. The molecule has 1 amide bonds. The zero-order valence-electron chi connectivity index (χ0n) is 19.3. The maximum Gasteiger partial charge on any atom is 0.307 e. The minimum atomic E-state index is -0.395. The number of amides is 1. The molecule has 5 nitrogen and oxygen atoms in total. The number of carbonyl (C=O) groups excluding carboxylic acids is 1. The largest absolute Gasteiger partial charge is 0.451 e. The van der Waals surface area contributed by atoms with Gasteiger partial charge in [0.05, 0.1) is 6.21 Å². The number of aryl methyl sites for hydroxylation is 1. The second kappa shape index (κ2) is 8.62. The molecule has 0 saturated carbocycles. The minimum absolute atomic E-state index is 0.134. The molecule has 0 aliphatic carbocycles. The first-order valence-corrected chi connectivity index (χ1v) is 11.5. The van der Waals surface area contributed by atoms with E-state index in [-0.39, 0.29) is 11.3 Å². The van der Waals surface area contributed by atoms with Crippen molar-refractivity contribution in [2.45, 2.75) is 58.9 Å². The molecule has 0 radical (unpaired) electrons. The molecule has 1 aliphatic rings. The van der Waals surface area contributed by atoms with Crippen LogP contribution in [0.15, 0.2) is 45.9 Å². The highest BCUT2D eigenvalue weighted by molar-refractivity contribution is 6.31. The molecule has 2 heterocycles. The van der Waals surface area contributed by atoms with Gasteiger partial charge >= 0.3 is 5.91 Å². The van der Waals surface area contributed by atoms with Crippen molar-refractivity contribution in [2.24, 2.45) is 5.10 Å². The fourth-order valence-corrected chi connectivity index (χ4v) is 4.96. The second-order valence-corrected chi connectivity index (χ2v) is 9.77. The molecule has 0 spiro atoms. The van der Waals surface area contributed by atoms with Gasteiger partial charge in [-0.15, -0.1) is 0 Å². The number of anilines is 1. The zero-order valence-corrected chi connectivity index (χ0v) is 20.1. The van der Waals surface area contributed by atoms with Crippen LogP contribution in [0, 0.1) is 6.92 Å². The molecule has 0 saturated heterocycles. The number of fused-ring (bicyclic) bond motifs is 2. The lowest BCUT2D eigenvalue weighted by atomic mass is 9.79. The number of benzene rings is 2. The molecular formula is C26H30ClN3O2. The average Bonchev–Trinajstić information content (AvgIpc) is 3.14. The number of hydrogen-bond acceptors (Lipinski definition) is 4. The van der Waals surface area contributed by atoms with E-state index >= 15 is 0 Å². The van der Waals surface area contributed by atoms with Gasteiger partial charge in [-0.25, -0.2) is 5.43 Å². The van der Waals surface area contributed by atoms with Crippen molar-refractivity contribution in [1.82, 2.24) is 5.43 Å². The van der Waals surface area contributed by atoms with Crippen molar-refractivity contribution >= 4 is 40.4 Å². The molecule has 168 valence electrons. The third-order valence-corrected chi connectivity index (χ3v) is 6.53. The van der Waals surface area contributed by atoms with E-state index in [2.05, 4.69) is 62.2 Å². The van der Waals surface area contributed by atoms with Crippen LogP contribution in [0.2, 0.25) is 5.02 Å². The number of nitrogens with one attached hydrogen (secondary N) is 1. The first-order chi connectivity index (χ1) is 15.2. The van der Waals surface area contributed by atoms with Gasteiger partial charge in [0.15, 0.2) is 5.76 Å². The summed E-state index contributed by atoms with van der Waals surface area (Å²) >= 11 is 6.01. The van der Waals surface area contributed by atoms with Crippen molar-refractivity contribution in [3.05, 3.63) is 63.9 Å². The molecule has 1 aliphatic heterocycles. The molecule has 1 unspecified atom stereocenters. The number of hydrogen-bond donors (Lipinski definition) is 1. The smallest absolute Gasteiger partial charge is 0.307 e. The summed E-state index contributed by atoms with van der Waals surface area (Å²) in [6, 6.07) is 11.4. The SMILES string of the molecule is CCCN1c2cc(C)c(/C=N\NC(=O)c3cc4cc(Cl)ccc4o3)cc2C(C)CC1(C)C. The Kier molecular flexibility index (Phi) is 6.04. The minimum Gasteiger partial charge on any atom is -0.451 e. The van der Waals surface area contributed by atoms with Crippen molar-refractivity contribution < 1.29 is 9.21 Å². The van der Waals surface area contributed by atoms with Crippen LogP contribution in [-0.2, 0) is 0 Å². The van der Waals surface area contributed by atoms with Gasteiger partial charge in [0, 0.05) is 28.2 Å². The summed E-state index contributed by atoms with van der Waals surface area (Å²) in [6.07, 6.45) is 3.93. The van der Waals surface area contributed by atoms with Crippen molar-refractivity contribution in [3.63, 3.8) is 0 Å². The highest BCUT2D eigenvalue weighted by Gasteiger charge is 2.36. The Bertz CT molecular complexity index is 1200. The molecule has 32 heavy (non-hydrogen) atoms. The fraction of sp³-hybridized carbons (Fsp3) is 0.385. The van der Waals surface area contributed by atoms with Crippen LogP contribution in [0.5, 0.6) is 0 Å². The summed E-state index contributed by atoms with van der Waals surface area (Å²) < 4.78 is 5.60. The van der Waals surface area contributed by atoms with E-state index in [0.717, 1.165) is 35.9 Å². The summed E-state index contributed by atoms with van der Waals surface area (Å²) in [7, 11) is 0. The van der Waals surface area contributed by atoms with Crippen LogP contribution in [0.4, 0.5) is 5.69 Å². The summed E-state index contributed by atoms with van der Waals surface area (Å²) in [5.74, 6) is 0.263. The predicted octanol–water partition coefficient (Wildman–Crippen LogP) is 6.66. The van der Waals surface area contributed by atoms with Gasteiger partial charge in [-0.05, 0) is 92.6 Å². The van der Waals surface area contributed by atoms with E-state index in [0.29, 0.717) is 16.5 Å². The topological polar surface area (TPSA) is 57.8 Å². The number of hydrazone groups is 1. The van der Waals surface area contributed by atoms with E-state index in [4.69, 9.17) is 16.0 Å². The lowest BCUT2D eigenvalue weighted by molar-refractivity contribution is 0.0929. The maximum absolute atomic E-state index is 12.5. The van der Waals surface area contributed by atoms with Crippen LogP contribution >= 0.6 is 11.6 Å². The first-order valence-electron chi connectivity index (χ1n) is 11.1. The highest BCUT2D eigenvalue weighted by Crippen LogP contribution is 2.44. The highest BCUT2D eigenvalue weighted by atomic mass is 35.5. The molecule has 0 fully saturated rings. The summed E-state index contributed by atoms with van der Waals surface area (Å²) in [5.41, 5.74) is 8.11. The summed E-state index contributed by atoms with van der Waals surface area (Å²) in [6.45, 7) is 12.3. The quantitative estimate of drug-likeness (QED) is 0.348. The molecule has 3 aromatic rings. The number of furan rings is 1. The molecule has 0 bridgehead atoms. The predicted molar refractivity (Wildman–Crippen MR) is 132 cm³/mol. The number of halogens is 1. The normalized spacial score (nSPS) is 17.7. The Balaban J connectivity index is 1.55. The van der Waals surface area contributed by atoms with Crippen LogP contribution in [0.25, 0.3) is 11.0 Å². The number of carbonyl (C=O) groups is 1. The summed E-state index contributed by atoms with van der Waals surface area (Å²) in [5, 5.41) is 5.58. The van der Waals surface area contributed by atoms with E-state index in [1.165, 1.54) is 11.3 Å². The second-order valence-electron chi connectivity index (χ2n) is 9.33. The Morgan fingerprint density at radius 3 is 2.84 bits per heavy atom. The van der Waals surface area contributed by atoms with Crippen molar-refractivity contribution in [3.8, 4) is 0 Å². The lowest BCUT2D eigenvalue weighted by Crippen LogP contribution is -2.48.